The van der Waals surface area contributed by atoms with E-state index in [1.807, 2.05) is 36.4 Å². The van der Waals surface area contributed by atoms with E-state index in [9.17, 15) is 34.8 Å². The second-order valence-electron chi connectivity index (χ2n) is 10.7. The predicted octanol–water partition coefficient (Wildman–Crippen LogP) is 3.43. The van der Waals surface area contributed by atoms with Crippen LogP contribution in [-0.2, 0) is 9.53 Å². The van der Waals surface area contributed by atoms with E-state index in [-0.39, 0.29) is 44.9 Å². The Hall–Kier alpha value is -4.61. The van der Waals surface area contributed by atoms with Gasteiger partial charge in [-0.15, -0.1) is 0 Å². The number of ketones is 2. The molecule has 1 aliphatic carbocycles. The number of aliphatic hydroxyl groups is 3. The zero-order valence-electron chi connectivity index (χ0n) is 23.4. The number of phenols is 1. The molecule has 10 nitrogen and oxygen atoms in total. The minimum Gasteiger partial charge on any atom is -0.507 e. The normalized spacial score (nSPS) is 23.1. The Labute approximate surface area is 245 Å². The van der Waals surface area contributed by atoms with Crippen LogP contribution >= 0.6 is 0 Å². The van der Waals surface area contributed by atoms with Crippen molar-refractivity contribution >= 4 is 28.3 Å². The molecule has 10 heteroatoms. The number of benzene rings is 4. The van der Waals surface area contributed by atoms with Crippen LogP contribution in [0.25, 0.3) is 21.9 Å². The molecule has 1 fully saturated rings. The maximum atomic E-state index is 14.3. The van der Waals surface area contributed by atoms with Crippen LogP contribution in [0.5, 0.6) is 17.2 Å². The number of hydrogen-bond donors (Lipinski definition) is 4. The van der Waals surface area contributed by atoms with Crippen LogP contribution in [0.3, 0.4) is 0 Å². The highest BCUT2D eigenvalue weighted by atomic mass is 16.7. The summed E-state index contributed by atoms with van der Waals surface area (Å²) in [4.78, 5) is 40.1. The lowest BCUT2D eigenvalue weighted by molar-refractivity contribution is -0.268. The van der Waals surface area contributed by atoms with Gasteiger partial charge in [0, 0.05) is 34.7 Å². The van der Waals surface area contributed by atoms with E-state index in [2.05, 4.69) is 0 Å². The molecule has 4 aromatic carbocycles. The number of ether oxygens (including phenoxy) is 3. The summed E-state index contributed by atoms with van der Waals surface area (Å²) in [7, 11) is 0. The van der Waals surface area contributed by atoms with Gasteiger partial charge < -0.3 is 34.6 Å². The highest BCUT2D eigenvalue weighted by Gasteiger charge is 2.44. The monoisotopic (exact) mass is 584 g/mol. The number of carbonyl (C=O) groups is 3. The maximum absolute atomic E-state index is 14.3. The largest absolute Gasteiger partial charge is 0.507 e. The molecule has 220 valence electrons. The van der Waals surface area contributed by atoms with Crippen molar-refractivity contribution in [3.63, 3.8) is 0 Å². The van der Waals surface area contributed by atoms with E-state index < -0.39 is 54.0 Å². The molecule has 0 saturated carbocycles. The molecule has 5 unspecified atom stereocenters. The van der Waals surface area contributed by atoms with Crippen LogP contribution in [0.15, 0.2) is 60.7 Å². The van der Waals surface area contributed by atoms with Gasteiger partial charge in [-0.1, -0.05) is 36.4 Å². The van der Waals surface area contributed by atoms with Gasteiger partial charge in [-0.05, 0) is 54.4 Å². The van der Waals surface area contributed by atoms with Crippen LogP contribution in [0.4, 0.5) is 0 Å². The maximum Gasteiger partial charge on any atom is 0.308 e. The lowest BCUT2D eigenvalue weighted by atomic mass is 9.78. The summed E-state index contributed by atoms with van der Waals surface area (Å²) < 4.78 is 16.8. The van der Waals surface area contributed by atoms with E-state index in [4.69, 9.17) is 14.2 Å². The summed E-state index contributed by atoms with van der Waals surface area (Å²) in [5.74, 6) is -2.35. The third-order valence-corrected chi connectivity index (χ3v) is 7.96. The smallest absolute Gasteiger partial charge is 0.308 e. The number of carbonyl (C=O) groups excluding carboxylic acids is 3. The Kier molecular flexibility index (Phi) is 7.02. The summed E-state index contributed by atoms with van der Waals surface area (Å²) >= 11 is 0. The van der Waals surface area contributed by atoms with Gasteiger partial charge in [0.2, 0.25) is 6.29 Å². The lowest BCUT2D eigenvalue weighted by Crippen LogP contribution is -2.58. The number of rotatable bonds is 4. The van der Waals surface area contributed by atoms with Crippen LogP contribution in [0.2, 0.25) is 0 Å². The van der Waals surface area contributed by atoms with Crippen LogP contribution < -0.4 is 9.47 Å². The van der Waals surface area contributed by atoms with E-state index in [1.165, 1.54) is 39.0 Å². The van der Waals surface area contributed by atoms with Gasteiger partial charge >= 0.3 is 5.97 Å². The fraction of sp³-hybridized carbons (Fsp3) is 0.242. The number of esters is 1. The third-order valence-electron chi connectivity index (χ3n) is 7.96. The van der Waals surface area contributed by atoms with Gasteiger partial charge in [0.1, 0.15) is 35.6 Å². The zero-order valence-corrected chi connectivity index (χ0v) is 23.4. The van der Waals surface area contributed by atoms with E-state index in [1.54, 1.807) is 6.07 Å². The number of hydrogen-bond acceptors (Lipinski definition) is 10. The summed E-state index contributed by atoms with van der Waals surface area (Å²) in [6.07, 6.45) is -6.92. The first kappa shape index (κ1) is 28.5. The van der Waals surface area contributed by atoms with Crippen molar-refractivity contribution in [3.8, 4) is 28.4 Å². The second-order valence-corrected chi connectivity index (χ2v) is 10.7. The Morgan fingerprint density at radius 1 is 0.791 bits per heavy atom. The van der Waals surface area contributed by atoms with Crippen molar-refractivity contribution in [3.05, 3.63) is 88.5 Å². The van der Waals surface area contributed by atoms with Crippen molar-refractivity contribution < 1.29 is 49.0 Å². The first-order valence-corrected chi connectivity index (χ1v) is 13.6. The van der Waals surface area contributed by atoms with Crippen molar-refractivity contribution in [2.75, 3.05) is 0 Å². The fourth-order valence-electron chi connectivity index (χ4n) is 5.66. The minimum absolute atomic E-state index is 0.0122. The summed E-state index contributed by atoms with van der Waals surface area (Å²) in [6, 6.07) is 17.1. The average molecular weight is 585 g/mol. The average Bonchev–Trinajstić information content (AvgIpc) is 2.99. The molecular weight excluding hydrogens is 556 g/mol. The first-order chi connectivity index (χ1) is 20.5. The van der Waals surface area contributed by atoms with Gasteiger partial charge in [0.25, 0.3) is 0 Å². The molecule has 1 saturated heterocycles. The first-order valence-electron chi connectivity index (χ1n) is 13.6. The summed E-state index contributed by atoms with van der Waals surface area (Å²) in [6.45, 7) is 4.18. The Balaban J connectivity index is 1.51. The highest BCUT2D eigenvalue weighted by molar-refractivity contribution is 6.31. The molecule has 5 atom stereocenters. The van der Waals surface area contributed by atoms with Crippen molar-refractivity contribution in [2.24, 2.45) is 0 Å². The van der Waals surface area contributed by atoms with Gasteiger partial charge in [-0.2, -0.15) is 0 Å². The lowest BCUT2D eigenvalue weighted by Gasteiger charge is -2.39. The fourth-order valence-corrected chi connectivity index (χ4v) is 5.66. The Bertz CT molecular complexity index is 1830. The number of aromatic hydroxyl groups is 1. The molecule has 0 radical (unpaired) electrons. The molecule has 1 aliphatic heterocycles. The molecule has 6 rings (SSSR count). The Morgan fingerprint density at radius 2 is 1.49 bits per heavy atom. The van der Waals surface area contributed by atoms with Gasteiger partial charge in [0.15, 0.2) is 11.6 Å². The van der Waals surface area contributed by atoms with Crippen LogP contribution in [-0.4, -0.2) is 68.7 Å². The number of fused-ring (bicyclic) bond motifs is 3. The molecule has 4 aromatic rings. The molecule has 0 amide bonds. The van der Waals surface area contributed by atoms with Crippen LogP contribution in [0.1, 0.15) is 51.3 Å². The quantitative estimate of drug-likeness (QED) is 0.182. The van der Waals surface area contributed by atoms with Crippen molar-refractivity contribution in [1.82, 2.24) is 0 Å². The van der Waals surface area contributed by atoms with Crippen molar-refractivity contribution in [1.29, 1.82) is 0 Å². The van der Waals surface area contributed by atoms with Crippen molar-refractivity contribution in [2.45, 2.75) is 51.5 Å². The van der Waals surface area contributed by atoms with E-state index in [0.29, 0.717) is 5.56 Å². The summed E-state index contributed by atoms with van der Waals surface area (Å²) in [5, 5.41) is 43.7. The molecule has 43 heavy (non-hydrogen) atoms. The molecule has 0 bridgehead atoms. The molecular formula is C33H28O10. The molecule has 0 aromatic heterocycles. The van der Waals surface area contributed by atoms with Gasteiger partial charge in [-0.3, -0.25) is 14.4 Å². The standard InChI is InChI=1S/C33H28O10/c1-14-23(43-33-32(40)31(39)28(36)15(2)41-33)13-21-26(27(14)35)29(37)20-10-11-22(42-16(3)34)24(25(20)30(21)38)19-9-8-17-6-4-5-7-18(17)12-19/h4-13,15,28,31-33,35-36,39-40H,1-3H3. The zero-order chi connectivity index (χ0) is 30.7. The van der Waals surface area contributed by atoms with Crippen LogP contribution in [0, 0.1) is 6.92 Å². The Morgan fingerprint density at radius 3 is 2.21 bits per heavy atom. The molecule has 0 spiro atoms. The third kappa shape index (κ3) is 4.65. The molecule has 4 N–H and O–H groups in total. The summed E-state index contributed by atoms with van der Waals surface area (Å²) in [5.41, 5.74) is 0.487. The highest BCUT2D eigenvalue weighted by Crippen LogP contribution is 2.45. The molecule has 2 aliphatic rings. The SMILES string of the molecule is CC(=O)Oc1ccc2c(c1-c1ccc3ccccc3c1)C(=O)c1cc(OC3OC(C)C(O)C(O)C3O)c(C)c(O)c1C2=O. The van der Waals surface area contributed by atoms with Gasteiger partial charge in [-0.25, -0.2) is 0 Å². The second kappa shape index (κ2) is 10.6. The van der Waals surface area contributed by atoms with Gasteiger partial charge in [0.05, 0.1) is 11.7 Å². The number of phenolic OH excluding ortho intramolecular Hbond substituents is 1. The molecule has 1 heterocycles. The topological polar surface area (TPSA) is 160 Å². The predicted molar refractivity (Wildman–Crippen MR) is 153 cm³/mol. The van der Waals surface area contributed by atoms with E-state index >= 15 is 0 Å². The minimum atomic E-state index is -1.65. The number of aliphatic hydroxyl groups excluding tert-OH is 3. The van der Waals surface area contributed by atoms with E-state index in [0.717, 1.165) is 10.8 Å².